The fourth-order valence-electron chi connectivity index (χ4n) is 1.18. The number of halogens is 2. The van der Waals surface area contributed by atoms with Crippen molar-refractivity contribution in [3.05, 3.63) is 39.4 Å². The third-order valence-electron chi connectivity index (χ3n) is 2.01. The topological polar surface area (TPSA) is 63.4 Å². The minimum atomic E-state index is -3.36. The summed E-state index contributed by atoms with van der Waals surface area (Å²) in [4.78, 5) is 9.78. The van der Waals surface area contributed by atoms with E-state index in [-0.39, 0.29) is 11.3 Å². The summed E-state index contributed by atoms with van der Waals surface area (Å²) in [7, 11) is 0. The number of hydrogen-bond acceptors (Lipinski definition) is 3. The van der Waals surface area contributed by atoms with Crippen molar-refractivity contribution >= 4 is 5.69 Å². The third kappa shape index (κ3) is 2.27. The van der Waals surface area contributed by atoms with Crippen LogP contribution in [0.2, 0.25) is 0 Å². The number of alkyl halides is 2. The zero-order chi connectivity index (χ0) is 11.6. The number of aliphatic hydroxyl groups is 1. The van der Waals surface area contributed by atoms with Gasteiger partial charge in [-0.25, -0.2) is 0 Å². The number of rotatable bonds is 3. The van der Waals surface area contributed by atoms with Crippen molar-refractivity contribution in [2.75, 3.05) is 6.61 Å². The van der Waals surface area contributed by atoms with E-state index in [4.69, 9.17) is 5.11 Å². The van der Waals surface area contributed by atoms with E-state index < -0.39 is 23.0 Å². The summed E-state index contributed by atoms with van der Waals surface area (Å²) in [5.41, 5.74) is -0.494. The van der Waals surface area contributed by atoms with E-state index in [9.17, 15) is 18.9 Å². The van der Waals surface area contributed by atoms with Gasteiger partial charge in [-0.05, 0) is 19.1 Å². The lowest BCUT2D eigenvalue weighted by Gasteiger charge is -2.13. The second-order valence-electron chi connectivity index (χ2n) is 3.12. The van der Waals surface area contributed by atoms with Gasteiger partial charge < -0.3 is 5.11 Å². The van der Waals surface area contributed by atoms with Crippen LogP contribution in [0.25, 0.3) is 0 Å². The summed E-state index contributed by atoms with van der Waals surface area (Å²) >= 11 is 0. The Morgan fingerprint density at radius 3 is 2.53 bits per heavy atom. The molecule has 1 N–H and O–H groups in total. The Morgan fingerprint density at radius 1 is 1.53 bits per heavy atom. The summed E-state index contributed by atoms with van der Waals surface area (Å²) in [6.45, 7) is 0.0549. The molecule has 1 aromatic rings. The molecule has 0 heterocycles. The molecule has 6 heteroatoms. The number of aliphatic hydroxyl groups excluding tert-OH is 1. The van der Waals surface area contributed by atoms with Crippen molar-refractivity contribution in [3.8, 4) is 0 Å². The fraction of sp³-hybridized carbons (Fsp3) is 0.333. The van der Waals surface area contributed by atoms with Crippen molar-refractivity contribution in [1.82, 2.24) is 0 Å². The molecule has 0 unspecified atom stereocenters. The first-order valence-electron chi connectivity index (χ1n) is 4.12. The van der Waals surface area contributed by atoms with Gasteiger partial charge in [-0.3, -0.25) is 10.1 Å². The van der Waals surface area contributed by atoms with Crippen LogP contribution in [-0.2, 0) is 5.92 Å². The first-order chi connectivity index (χ1) is 6.88. The molecule has 0 spiro atoms. The number of benzene rings is 1. The second kappa shape index (κ2) is 3.90. The highest BCUT2D eigenvalue weighted by atomic mass is 19.3. The Labute approximate surface area is 84.3 Å². The third-order valence-corrected chi connectivity index (χ3v) is 2.01. The molecule has 15 heavy (non-hydrogen) atoms. The standard InChI is InChI=1S/C9H9F2NO3/c1-6-4-7(9(10,11)5-13)2-3-8(6)12(14)15/h2-4,13H,5H2,1H3. The fourth-order valence-corrected chi connectivity index (χ4v) is 1.18. The van der Waals surface area contributed by atoms with E-state index in [1.54, 1.807) is 0 Å². The monoisotopic (exact) mass is 217 g/mol. The maximum atomic E-state index is 13.0. The molecule has 0 aliphatic carbocycles. The van der Waals surface area contributed by atoms with E-state index in [1.807, 2.05) is 0 Å². The molecule has 0 amide bonds. The molecule has 4 nitrogen and oxygen atoms in total. The van der Waals surface area contributed by atoms with Gasteiger partial charge in [0.25, 0.3) is 11.6 Å². The van der Waals surface area contributed by atoms with Gasteiger partial charge in [-0.2, -0.15) is 8.78 Å². The average Bonchev–Trinajstić information content (AvgIpc) is 2.17. The molecule has 0 radical (unpaired) electrons. The minimum absolute atomic E-state index is 0.144. The van der Waals surface area contributed by atoms with E-state index in [1.165, 1.54) is 6.92 Å². The van der Waals surface area contributed by atoms with Crippen molar-refractivity contribution in [2.24, 2.45) is 0 Å². The highest BCUT2D eigenvalue weighted by molar-refractivity contribution is 5.43. The summed E-state index contributed by atoms with van der Waals surface area (Å²) in [6, 6.07) is 2.96. The molecule has 1 rings (SSSR count). The molecule has 0 bridgehead atoms. The molecule has 0 fully saturated rings. The Bertz CT molecular complexity index is 393. The molecule has 1 aromatic carbocycles. The van der Waals surface area contributed by atoms with Crippen molar-refractivity contribution in [2.45, 2.75) is 12.8 Å². The largest absolute Gasteiger partial charge is 0.390 e. The number of aryl methyl sites for hydroxylation is 1. The highest BCUT2D eigenvalue weighted by Gasteiger charge is 2.31. The number of nitrogens with zero attached hydrogens (tertiary/aromatic N) is 1. The zero-order valence-electron chi connectivity index (χ0n) is 7.91. The van der Waals surface area contributed by atoms with Crippen LogP contribution in [0.5, 0.6) is 0 Å². The van der Waals surface area contributed by atoms with Gasteiger partial charge in [-0.15, -0.1) is 0 Å². The van der Waals surface area contributed by atoms with Crippen LogP contribution >= 0.6 is 0 Å². The highest BCUT2D eigenvalue weighted by Crippen LogP contribution is 2.30. The number of hydrogen-bond donors (Lipinski definition) is 1. The van der Waals surface area contributed by atoms with Gasteiger partial charge in [0.15, 0.2) is 0 Å². The Morgan fingerprint density at radius 2 is 2.13 bits per heavy atom. The molecule has 0 aliphatic rings. The van der Waals surface area contributed by atoms with Gasteiger partial charge in [0.2, 0.25) is 0 Å². The summed E-state index contributed by atoms with van der Waals surface area (Å²) in [6.07, 6.45) is 0. The maximum absolute atomic E-state index is 13.0. The van der Waals surface area contributed by atoms with Crippen LogP contribution in [0.4, 0.5) is 14.5 Å². The SMILES string of the molecule is Cc1cc(C(F)(F)CO)ccc1[N+](=O)[O-]. The van der Waals surface area contributed by atoms with Gasteiger partial charge in [0.1, 0.15) is 6.61 Å². The normalized spacial score (nSPS) is 11.5. The van der Waals surface area contributed by atoms with E-state index in [0.29, 0.717) is 0 Å². The molecular weight excluding hydrogens is 208 g/mol. The van der Waals surface area contributed by atoms with Crippen LogP contribution in [-0.4, -0.2) is 16.6 Å². The predicted molar refractivity (Wildman–Crippen MR) is 48.8 cm³/mol. The summed E-state index contributed by atoms with van der Waals surface area (Å²) < 4.78 is 26.0. The lowest BCUT2D eigenvalue weighted by Crippen LogP contribution is -2.18. The maximum Gasteiger partial charge on any atom is 0.295 e. The first-order valence-corrected chi connectivity index (χ1v) is 4.12. The second-order valence-corrected chi connectivity index (χ2v) is 3.12. The van der Waals surface area contributed by atoms with Crippen molar-refractivity contribution in [1.29, 1.82) is 0 Å². The molecule has 0 aliphatic heterocycles. The number of nitro groups is 1. The lowest BCUT2D eigenvalue weighted by atomic mass is 10.1. The van der Waals surface area contributed by atoms with Gasteiger partial charge >= 0.3 is 0 Å². The Hall–Kier alpha value is -1.56. The molecular formula is C9H9F2NO3. The predicted octanol–water partition coefficient (Wildman–Crippen LogP) is 1.99. The van der Waals surface area contributed by atoms with Gasteiger partial charge in [0.05, 0.1) is 4.92 Å². The molecule has 82 valence electrons. The van der Waals surface area contributed by atoms with Crippen LogP contribution < -0.4 is 0 Å². The average molecular weight is 217 g/mol. The molecule has 0 atom stereocenters. The quantitative estimate of drug-likeness (QED) is 0.622. The number of nitro benzene ring substituents is 1. The first kappa shape index (κ1) is 11.5. The molecule has 0 saturated heterocycles. The van der Waals surface area contributed by atoms with Crippen LogP contribution in [0.15, 0.2) is 18.2 Å². The van der Waals surface area contributed by atoms with Crippen molar-refractivity contribution < 1.29 is 18.8 Å². The van der Waals surface area contributed by atoms with Gasteiger partial charge in [-0.1, -0.05) is 0 Å². The smallest absolute Gasteiger partial charge is 0.295 e. The van der Waals surface area contributed by atoms with Gasteiger partial charge in [0, 0.05) is 17.2 Å². The van der Waals surface area contributed by atoms with Crippen LogP contribution in [0.3, 0.4) is 0 Å². The van der Waals surface area contributed by atoms with Crippen molar-refractivity contribution in [3.63, 3.8) is 0 Å². The van der Waals surface area contributed by atoms with E-state index in [0.717, 1.165) is 18.2 Å². The minimum Gasteiger partial charge on any atom is -0.390 e. The Kier molecular flexibility index (Phi) is 2.99. The zero-order valence-corrected chi connectivity index (χ0v) is 7.91. The summed E-state index contributed by atoms with van der Waals surface area (Å²) in [5, 5.41) is 18.9. The Balaban J connectivity index is 3.18. The van der Waals surface area contributed by atoms with E-state index >= 15 is 0 Å². The van der Waals surface area contributed by atoms with Crippen LogP contribution in [0, 0.1) is 17.0 Å². The molecule has 0 aromatic heterocycles. The van der Waals surface area contributed by atoms with E-state index in [2.05, 4.69) is 0 Å². The lowest BCUT2D eigenvalue weighted by molar-refractivity contribution is -0.385. The molecule has 0 saturated carbocycles. The van der Waals surface area contributed by atoms with Crippen LogP contribution in [0.1, 0.15) is 11.1 Å². The summed E-state index contributed by atoms with van der Waals surface area (Å²) in [5.74, 6) is -3.36.